The molecule has 12 heavy (non-hydrogen) atoms. The highest BCUT2D eigenvalue weighted by atomic mass is 14.7. The molecule has 1 atom stereocenters. The van der Waals surface area contributed by atoms with E-state index in [0.29, 0.717) is 6.04 Å². The third-order valence-electron chi connectivity index (χ3n) is 2.54. The molecule has 0 radical (unpaired) electrons. The number of benzene rings is 1. The molecule has 0 heterocycles. The molecule has 1 fully saturated rings. The fraction of sp³-hybridized carbons (Fsp3) is 0.455. The second kappa shape index (κ2) is 3.28. The number of rotatable bonds is 3. The Hall–Kier alpha value is -0.820. The van der Waals surface area contributed by atoms with Gasteiger partial charge in [0.05, 0.1) is 0 Å². The van der Waals surface area contributed by atoms with Crippen molar-refractivity contribution in [1.82, 2.24) is 0 Å². The molecule has 1 unspecified atom stereocenters. The van der Waals surface area contributed by atoms with Gasteiger partial charge in [-0.3, -0.25) is 0 Å². The Labute approximate surface area is 73.6 Å². The van der Waals surface area contributed by atoms with Gasteiger partial charge in [-0.15, -0.1) is 0 Å². The summed E-state index contributed by atoms with van der Waals surface area (Å²) in [6, 6.07) is 10.9. The van der Waals surface area contributed by atoms with Gasteiger partial charge in [0.25, 0.3) is 0 Å². The molecule has 0 aliphatic heterocycles. The smallest absolute Gasteiger partial charge is 0.0108 e. The number of hydrogen-bond acceptors (Lipinski definition) is 1. The van der Waals surface area contributed by atoms with E-state index in [-0.39, 0.29) is 0 Å². The van der Waals surface area contributed by atoms with E-state index in [0.717, 1.165) is 12.3 Å². The molecule has 64 valence electrons. The first-order valence-corrected chi connectivity index (χ1v) is 4.66. The Morgan fingerprint density at radius 3 is 2.50 bits per heavy atom. The summed E-state index contributed by atoms with van der Waals surface area (Å²) in [5.41, 5.74) is 7.38. The molecular formula is C11H15N. The molecule has 0 amide bonds. The molecule has 1 saturated carbocycles. The van der Waals surface area contributed by atoms with Gasteiger partial charge in [-0.2, -0.15) is 0 Å². The zero-order valence-corrected chi connectivity index (χ0v) is 7.24. The second-order valence-corrected chi connectivity index (χ2v) is 3.69. The van der Waals surface area contributed by atoms with Crippen LogP contribution in [0, 0.1) is 5.92 Å². The van der Waals surface area contributed by atoms with Crippen LogP contribution in [-0.4, -0.2) is 6.04 Å². The SMILES string of the molecule is NC(Cc1ccccc1)C1CC1. The highest BCUT2D eigenvalue weighted by Gasteiger charge is 2.28. The zero-order valence-electron chi connectivity index (χ0n) is 7.24. The van der Waals surface area contributed by atoms with Crippen LogP contribution in [0.4, 0.5) is 0 Å². The summed E-state index contributed by atoms with van der Waals surface area (Å²) in [7, 11) is 0. The van der Waals surface area contributed by atoms with Crippen molar-refractivity contribution in [3.05, 3.63) is 35.9 Å². The van der Waals surface area contributed by atoms with Gasteiger partial charge in [-0.25, -0.2) is 0 Å². The predicted octanol–water partition coefficient (Wildman–Crippen LogP) is 1.97. The van der Waals surface area contributed by atoms with Gasteiger partial charge >= 0.3 is 0 Å². The minimum Gasteiger partial charge on any atom is -0.327 e. The van der Waals surface area contributed by atoms with E-state index in [2.05, 4.69) is 24.3 Å². The summed E-state index contributed by atoms with van der Waals surface area (Å²) in [6.07, 6.45) is 3.73. The molecule has 1 aromatic carbocycles. The average molecular weight is 161 g/mol. The van der Waals surface area contributed by atoms with Crippen molar-refractivity contribution < 1.29 is 0 Å². The van der Waals surface area contributed by atoms with Crippen molar-refractivity contribution in [2.45, 2.75) is 25.3 Å². The summed E-state index contributed by atoms with van der Waals surface area (Å²) in [5, 5.41) is 0. The summed E-state index contributed by atoms with van der Waals surface area (Å²) in [4.78, 5) is 0. The van der Waals surface area contributed by atoms with Crippen LogP contribution < -0.4 is 5.73 Å². The molecule has 0 saturated heterocycles. The summed E-state index contributed by atoms with van der Waals surface area (Å²) in [5.74, 6) is 0.810. The fourth-order valence-electron chi connectivity index (χ4n) is 1.58. The Bertz CT molecular complexity index is 238. The van der Waals surface area contributed by atoms with Gasteiger partial charge in [0.15, 0.2) is 0 Å². The van der Waals surface area contributed by atoms with Gasteiger partial charge in [-0.1, -0.05) is 30.3 Å². The minimum absolute atomic E-state index is 0.396. The van der Waals surface area contributed by atoms with Crippen molar-refractivity contribution in [2.75, 3.05) is 0 Å². The molecule has 1 nitrogen and oxygen atoms in total. The summed E-state index contributed by atoms with van der Waals surface area (Å²) >= 11 is 0. The predicted molar refractivity (Wildman–Crippen MR) is 50.8 cm³/mol. The zero-order chi connectivity index (χ0) is 8.39. The monoisotopic (exact) mass is 161 g/mol. The lowest BCUT2D eigenvalue weighted by atomic mass is 10.0. The Balaban J connectivity index is 1.94. The largest absolute Gasteiger partial charge is 0.327 e. The standard InChI is InChI=1S/C11H15N/c12-11(10-6-7-10)8-9-4-2-1-3-5-9/h1-5,10-11H,6-8,12H2. The van der Waals surface area contributed by atoms with E-state index in [1.165, 1.54) is 18.4 Å². The van der Waals surface area contributed by atoms with E-state index in [1.807, 2.05) is 6.07 Å². The first kappa shape index (κ1) is 7.81. The Morgan fingerprint density at radius 1 is 1.25 bits per heavy atom. The second-order valence-electron chi connectivity index (χ2n) is 3.69. The molecule has 0 spiro atoms. The maximum Gasteiger partial charge on any atom is 0.0108 e. The third kappa shape index (κ3) is 1.86. The van der Waals surface area contributed by atoms with Gasteiger partial charge in [0.2, 0.25) is 0 Å². The van der Waals surface area contributed by atoms with E-state index >= 15 is 0 Å². The van der Waals surface area contributed by atoms with E-state index in [1.54, 1.807) is 0 Å². The van der Waals surface area contributed by atoms with E-state index in [9.17, 15) is 0 Å². The molecule has 0 aromatic heterocycles. The Kier molecular flexibility index (Phi) is 2.13. The van der Waals surface area contributed by atoms with Crippen LogP contribution >= 0.6 is 0 Å². The van der Waals surface area contributed by atoms with Crippen molar-refractivity contribution in [3.8, 4) is 0 Å². The lowest BCUT2D eigenvalue weighted by Gasteiger charge is -2.09. The minimum atomic E-state index is 0.396. The molecule has 1 aromatic rings. The molecule has 1 heteroatoms. The first-order valence-electron chi connectivity index (χ1n) is 4.66. The van der Waals surface area contributed by atoms with Crippen LogP contribution in [0.25, 0.3) is 0 Å². The molecule has 0 bridgehead atoms. The normalized spacial score (nSPS) is 19.1. The van der Waals surface area contributed by atoms with Gasteiger partial charge in [0, 0.05) is 6.04 Å². The van der Waals surface area contributed by atoms with Crippen LogP contribution in [0.1, 0.15) is 18.4 Å². The highest BCUT2D eigenvalue weighted by molar-refractivity contribution is 5.16. The molecule has 2 rings (SSSR count). The molecule has 1 aliphatic carbocycles. The number of nitrogens with two attached hydrogens (primary N) is 1. The van der Waals surface area contributed by atoms with Crippen LogP contribution in [0.15, 0.2) is 30.3 Å². The quantitative estimate of drug-likeness (QED) is 0.720. The van der Waals surface area contributed by atoms with Crippen molar-refractivity contribution in [2.24, 2.45) is 11.7 Å². The lowest BCUT2D eigenvalue weighted by Crippen LogP contribution is -2.24. The Morgan fingerprint density at radius 2 is 1.92 bits per heavy atom. The van der Waals surface area contributed by atoms with Crippen LogP contribution in [0.2, 0.25) is 0 Å². The van der Waals surface area contributed by atoms with E-state index in [4.69, 9.17) is 5.73 Å². The van der Waals surface area contributed by atoms with Crippen LogP contribution in [-0.2, 0) is 6.42 Å². The van der Waals surface area contributed by atoms with Gasteiger partial charge < -0.3 is 5.73 Å². The van der Waals surface area contributed by atoms with Crippen molar-refractivity contribution >= 4 is 0 Å². The molecule has 1 aliphatic rings. The van der Waals surface area contributed by atoms with Crippen LogP contribution in [0.5, 0.6) is 0 Å². The molecule has 2 N–H and O–H groups in total. The van der Waals surface area contributed by atoms with Crippen molar-refractivity contribution in [1.29, 1.82) is 0 Å². The van der Waals surface area contributed by atoms with Crippen LogP contribution in [0.3, 0.4) is 0 Å². The average Bonchev–Trinajstić information content (AvgIpc) is 2.88. The van der Waals surface area contributed by atoms with Gasteiger partial charge in [-0.05, 0) is 30.7 Å². The summed E-state index contributed by atoms with van der Waals surface area (Å²) < 4.78 is 0. The van der Waals surface area contributed by atoms with Crippen molar-refractivity contribution in [3.63, 3.8) is 0 Å². The first-order chi connectivity index (χ1) is 5.86. The maximum atomic E-state index is 6.01. The van der Waals surface area contributed by atoms with E-state index < -0.39 is 0 Å². The summed E-state index contributed by atoms with van der Waals surface area (Å²) in [6.45, 7) is 0. The number of hydrogen-bond donors (Lipinski definition) is 1. The van der Waals surface area contributed by atoms with Gasteiger partial charge in [0.1, 0.15) is 0 Å². The topological polar surface area (TPSA) is 26.0 Å². The molecular weight excluding hydrogens is 146 g/mol. The lowest BCUT2D eigenvalue weighted by molar-refractivity contribution is 0.592. The third-order valence-corrected chi connectivity index (χ3v) is 2.54. The maximum absolute atomic E-state index is 6.01. The highest BCUT2D eigenvalue weighted by Crippen LogP contribution is 2.32. The fourth-order valence-corrected chi connectivity index (χ4v) is 1.58.